The molecule has 0 fully saturated rings. The standard InChI is InChI=1S/C17H15N3O/c1-12-6-5-9-14(10-12)18-16-11-15(21)17(20-19-16)13-7-3-2-4-8-13/h2-11H,1H3,(H2,18,19,21). The molecule has 0 saturated carbocycles. The van der Waals surface area contributed by atoms with Gasteiger partial charge in [0.15, 0.2) is 0 Å². The van der Waals surface area contributed by atoms with E-state index in [0.29, 0.717) is 11.5 Å². The van der Waals surface area contributed by atoms with E-state index in [0.717, 1.165) is 16.8 Å². The van der Waals surface area contributed by atoms with Crippen LogP contribution in [0.3, 0.4) is 0 Å². The van der Waals surface area contributed by atoms with Crippen LogP contribution in [0, 0.1) is 6.92 Å². The van der Waals surface area contributed by atoms with Gasteiger partial charge in [-0.3, -0.25) is 9.89 Å². The summed E-state index contributed by atoms with van der Waals surface area (Å²) < 4.78 is 0. The van der Waals surface area contributed by atoms with Crippen molar-refractivity contribution in [1.29, 1.82) is 0 Å². The molecule has 0 unspecified atom stereocenters. The van der Waals surface area contributed by atoms with Crippen molar-refractivity contribution in [2.45, 2.75) is 6.92 Å². The van der Waals surface area contributed by atoms with E-state index in [2.05, 4.69) is 15.5 Å². The summed E-state index contributed by atoms with van der Waals surface area (Å²) in [6.45, 7) is 2.02. The average Bonchev–Trinajstić information content (AvgIpc) is 2.48. The fraction of sp³-hybridized carbons (Fsp3) is 0.0588. The number of hydrogen-bond donors (Lipinski definition) is 2. The van der Waals surface area contributed by atoms with Crippen molar-refractivity contribution in [1.82, 2.24) is 10.2 Å². The Morgan fingerprint density at radius 3 is 2.52 bits per heavy atom. The van der Waals surface area contributed by atoms with E-state index in [1.807, 2.05) is 61.5 Å². The molecule has 2 N–H and O–H groups in total. The van der Waals surface area contributed by atoms with Crippen LogP contribution in [0.5, 0.6) is 0 Å². The van der Waals surface area contributed by atoms with E-state index in [-0.39, 0.29) is 5.43 Å². The van der Waals surface area contributed by atoms with Crippen LogP contribution in [0.2, 0.25) is 0 Å². The number of H-pyrrole nitrogens is 1. The van der Waals surface area contributed by atoms with Gasteiger partial charge < -0.3 is 5.32 Å². The molecule has 104 valence electrons. The summed E-state index contributed by atoms with van der Waals surface area (Å²) in [6.07, 6.45) is 0. The van der Waals surface area contributed by atoms with Crippen molar-refractivity contribution >= 4 is 11.5 Å². The maximum absolute atomic E-state index is 12.2. The fourth-order valence-electron chi connectivity index (χ4n) is 2.15. The van der Waals surface area contributed by atoms with E-state index in [9.17, 15) is 4.79 Å². The van der Waals surface area contributed by atoms with E-state index in [1.165, 1.54) is 6.07 Å². The summed E-state index contributed by atoms with van der Waals surface area (Å²) in [7, 11) is 0. The van der Waals surface area contributed by atoms with E-state index < -0.39 is 0 Å². The molecule has 0 aliphatic carbocycles. The molecule has 3 rings (SSSR count). The van der Waals surface area contributed by atoms with Crippen molar-refractivity contribution < 1.29 is 0 Å². The van der Waals surface area contributed by atoms with Gasteiger partial charge in [0.1, 0.15) is 11.5 Å². The number of rotatable bonds is 3. The van der Waals surface area contributed by atoms with Crippen molar-refractivity contribution in [2.75, 3.05) is 5.32 Å². The van der Waals surface area contributed by atoms with E-state index in [4.69, 9.17) is 0 Å². The second-order valence-electron chi connectivity index (χ2n) is 4.85. The molecule has 0 aliphatic rings. The van der Waals surface area contributed by atoms with Crippen molar-refractivity contribution in [3.05, 3.63) is 76.5 Å². The van der Waals surface area contributed by atoms with Crippen molar-refractivity contribution in [2.24, 2.45) is 0 Å². The first-order chi connectivity index (χ1) is 10.2. The van der Waals surface area contributed by atoms with Crippen molar-refractivity contribution in [3.8, 4) is 11.3 Å². The van der Waals surface area contributed by atoms with Gasteiger partial charge in [0.2, 0.25) is 5.43 Å². The number of anilines is 2. The lowest BCUT2D eigenvalue weighted by atomic mass is 10.1. The van der Waals surface area contributed by atoms with Gasteiger partial charge >= 0.3 is 0 Å². The molecule has 0 aliphatic heterocycles. The number of aromatic amines is 1. The summed E-state index contributed by atoms with van der Waals surface area (Å²) in [5, 5.41) is 10.2. The summed E-state index contributed by atoms with van der Waals surface area (Å²) in [5.41, 5.74) is 3.18. The Morgan fingerprint density at radius 2 is 1.81 bits per heavy atom. The maximum Gasteiger partial charge on any atom is 0.210 e. The summed E-state index contributed by atoms with van der Waals surface area (Å²) >= 11 is 0. The maximum atomic E-state index is 12.2. The Labute approximate surface area is 122 Å². The predicted molar refractivity (Wildman–Crippen MR) is 84.8 cm³/mol. The lowest BCUT2D eigenvalue weighted by Crippen LogP contribution is -2.10. The largest absolute Gasteiger partial charge is 0.341 e. The van der Waals surface area contributed by atoms with Gasteiger partial charge in [-0.15, -0.1) is 0 Å². The van der Waals surface area contributed by atoms with Crippen LogP contribution in [0.15, 0.2) is 65.5 Å². The molecule has 4 nitrogen and oxygen atoms in total. The predicted octanol–water partition coefficient (Wildman–Crippen LogP) is 3.49. The minimum atomic E-state index is -0.116. The summed E-state index contributed by atoms with van der Waals surface area (Å²) in [5.74, 6) is 0.574. The molecule has 0 spiro atoms. The number of nitrogens with zero attached hydrogens (tertiary/aromatic N) is 1. The molecule has 4 heteroatoms. The zero-order chi connectivity index (χ0) is 14.7. The molecule has 2 aromatic carbocycles. The number of hydrogen-bond acceptors (Lipinski definition) is 3. The number of benzene rings is 2. The quantitative estimate of drug-likeness (QED) is 0.770. The molecular formula is C17H15N3O. The first-order valence-corrected chi connectivity index (χ1v) is 6.71. The second kappa shape index (κ2) is 5.63. The lowest BCUT2D eigenvalue weighted by Gasteiger charge is -2.07. The Bertz CT molecular complexity index is 810. The molecular weight excluding hydrogens is 262 g/mol. The van der Waals surface area contributed by atoms with Gasteiger partial charge in [-0.25, -0.2) is 0 Å². The van der Waals surface area contributed by atoms with Gasteiger partial charge in [-0.1, -0.05) is 42.5 Å². The first kappa shape index (κ1) is 13.1. The van der Waals surface area contributed by atoms with Crippen molar-refractivity contribution in [3.63, 3.8) is 0 Å². The normalized spacial score (nSPS) is 10.3. The Kier molecular flexibility index (Phi) is 3.51. The molecule has 1 aromatic heterocycles. The van der Waals surface area contributed by atoms with Gasteiger partial charge in [-0.05, 0) is 24.6 Å². The van der Waals surface area contributed by atoms with Crippen LogP contribution >= 0.6 is 0 Å². The van der Waals surface area contributed by atoms with Gasteiger partial charge in [0, 0.05) is 17.3 Å². The molecule has 0 saturated heterocycles. The number of aromatic nitrogens is 2. The third-order valence-corrected chi connectivity index (χ3v) is 3.14. The lowest BCUT2D eigenvalue weighted by molar-refractivity contribution is 1.03. The van der Waals surface area contributed by atoms with Gasteiger partial charge in [-0.2, -0.15) is 5.10 Å². The topological polar surface area (TPSA) is 57.8 Å². The van der Waals surface area contributed by atoms with E-state index in [1.54, 1.807) is 0 Å². The van der Waals surface area contributed by atoms with Gasteiger partial charge in [0.05, 0.1) is 0 Å². The van der Waals surface area contributed by atoms with Crippen LogP contribution in [0.1, 0.15) is 5.56 Å². The number of nitrogens with one attached hydrogen (secondary N) is 2. The highest BCUT2D eigenvalue weighted by molar-refractivity contribution is 5.61. The SMILES string of the molecule is Cc1cccc(Nc2cc(=O)c(-c3ccccc3)n[nH]2)c1. The minimum absolute atomic E-state index is 0.116. The minimum Gasteiger partial charge on any atom is -0.341 e. The molecule has 0 bridgehead atoms. The smallest absolute Gasteiger partial charge is 0.210 e. The highest BCUT2D eigenvalue weighted by Gasteiger charge is 2.05. The van der Waals surface area contributed by atoms with E-state index >= 15 is 0 Å². The third-order valence-electron chi connectivity index (χ3n) is 3.14. The molecule has 3 aromatic rings. The molecule has 0 amide bonds. The van der Waals surface area contributed by atoms with Crippen LogP contribution in [-0.2, 0) is 0 Å². The highest BCUT2D eigenvalue weighted by Crippen LogP contribution is 2.16. The zero-order valence-corrected chi connectivity index (χ0v) is 11.6. The summed E-state index contributed by atoms with van der Waals surface area (Å²) in [4.78, 5) is 12.2. The van der Waals surface area contributed by atoms with Crippen LogP contribution in [0.4, 0.5) is 11.5 Å². The van der Waals surface area contributed by atoms with Crippen LogP contribution in [0.25, 0.3) is 11.3 Å². The fourth-order valence-corrected chi connectivity index (χ4v) is 2.15. The Hall–Kier alpha value is -2.88. The molecule has 21 heavy (non-hydrogen) atoms. The first-order valence-electron chi connectivity index (χ1n) is 6.71. The zero-order valence-electron chi connectivity index (χ0n) is 11.6. The Balaban J connectivity index is 1.90. The number of aryl methyl sites for hydroxylation is 1. The molecule has 0 radical (unpaired) electrons. The van der Waals surface area contributed by atoms with Crippen LogP contribution < -0.4 is 10.7 Å². The molecule has 0 atom stereocenters. The summed E-state index contributed by atoms with van der Waals surface area (Å²) in [6, 6.07) is 18.9. The Morgan fingerprint density at radius 1 is 1.00 bits per heavy atom. The average molecular weight is 277 g/mol. The highest BCUT2D eigenvalue weighted by atomic mass is 16.1. The molecule has 1 heterocycles. The monoisotopic (exact) mass is 277 g/mol. The third kappa shape index (κ3) is 3.00. The second-order valence-corrected chi connectivity index (χ2v) is 4.85. The van der Waals surface area contributed by atoms with Crippen LogP contribution in [-0.4, -0.2) is 10.2 Å². The van der Waals surface area contributed by atoms with Gasteiger partial charge in [0.25, 0.3) is 0 Å².